The van der Waals surface area contributed by atoms with E-state index in [9.17, 15) is 0 Å². The molecule has 0 radical (unpaired) electrons. The molecule has 0 saturated carbocycles. The van der Waals surface area contributed by atoms with Gasteiger partial charge in [-0.25, -0.2) is 9.97 Å². The number of hydrogen-bond donors (Lipinski definition) is 0. The number of rotatable bonds is 6. The largest absolute Gasteiger partial charge is 0.456 e. The topological polar surface area (TPSA) is 38.9 Å². The molecular weight excluding hydrogens is 741 g/mol. The third-order valence-electron chi connectivity index (χ3n) is 12.1. The summed E-state index contributed by atoms with van der Waals surface area (Å²) >= 11 is 0. The summed E-state index contributed by atoms with van der Waals surface area (Å²) in [6.07, 6.45) is 0. The lowest BCUT2D eigenvalue weighted by atomic mass is 9.89. The fourth-order valence-electron chi connectivity index (χ4n) is 8.99. The molecule has 61 heavy (non-hydrogen) atoms. The van der Waals surface area contributed by atoms with Gasteiger partial charge in [-0.3, -0.25) is 0 Å². The Bertz CT molecular complexity index is 3610. The summed E-state index contributed by atoms with van der Waals surface area (Å²) < 4.78 is 6.22. The highest BCUT2D eigenvalue weighted by Crippen LogP contribution is 2.40. The molecule has 0 bridgehead atoms. The standard InChI is InChI=1S/C58H36N2O/c1-2-10-37(11-3-1)38-18-22-41(23-19-38)53-36-54(42-24-20-39(21-25-42)45-31-32-50-49-16-8-9-17-55(49)61-56(50)35-45)60-58(59-53)44-28-26-43(27-29-44)57-48-15-7-5-13-46(48)34-52-47-14-6-4-12-40(47)30-33-51(52)57/h1-36H. The van der Waals surface area contributed by atoms with Gasteiger partial charge in [0.25, 0.3) is 0 Å². The molecule has 0 aliphatic heterocycles. The van der Waals surface area contributed by atoms with Crippen LogP contribution in [0, 0.1) is 0 Å². The molecule has 2 aromatic heterocycles. The van der Waals surface area contributed by atoms with Crippen molar-refractivity contribution in [3.63, 3.8) is 0 Å². The van der Waals surface area contributed by atoms with Crippen molar-refractivity contribution in [1.82, 2.24) is 9.97 Å². The highest BCUT2D eigenvalue weighted by molar-refractivity contribution is 6.20. The van der Waals surface area contributed by atoms with E-state index in [-0.39, 0.29) is 0 Å². The van der Waals surface area contributed by atoms with E-state index in [0.717, 1.165) is 66.7 Å². The average Bonchev–Trinajstić information content (AvgIpc) is 3.71. The molecule has 12 rings (SSSR count). The van der Waals surface area contributed by atoms with E-state index < -0.39 is 0 Å². The van der Waals surface area contributed by atoms with Crippen molar-refractivity contribution in [3.05, 3.63) is 218 Å². The smallest absolute Gasteiger partial charge is 0.160 e. The minimum absolute atomic E-state index is 0.680. The minimum atomic E-state index is 0.680. The molecule has 12 aromatic rings. The number of hydrogen-bond acceptors (Lipinski definition) is 3. The molecule has 2 heterocycles. The predicted molar refractivity (Wildman–Crippen MR) is 254 cm³/mol. The summed E-state index contributed by atoms with van der Waals surface area (Å²) in [6, 6.07) is 77.6. The first-order valence-corrected chi connectivity index (χ1v) is 20.7. The monoisotopic (exact) mass is 776 g/mol. The molecule has 0 saturated heterocycles. The molecular formula is C58H36N2O. The average molecular weight is 777 g/mol. The van der Waals surface area contributed by atoms with Crippen LogP contribution in [-0.2, 0) is 0 Å². The Balaban J connectivity index is 0.952. The van der Waals surface area contributed by atoms with E-state index in [0.29, 0.717) is 5.82 Å². The summed E-state index contributed by atoms with van der Waals surface area (Å²) in [7, 11) is 0. The van der Waals surface area contributed by atoms with Crippen molar-refractivity contribution in [2.24, 2.45) is 0 Å². The zero-order chi connectivity index (χ0) is 40.3. The predicted octanol–water partition coefficient (Wildman–Crippen LogP) is 15.8. The van der Waals surface area contributed by atoms with Crippen molar-refractivity contribution in [2.75, 3.05) is 0 Å². The zero-order valence-corrected chi connectivity index (χ0v) is 33.1. The van der Waals surface area contributed by atoms with Gasteiger partial charge in [-0.2, -0.15) is 0 Å². The Morgan fingerprint density at radius 2 is 0.770 bits per heavy atom. The Kier molecular flexibility index (Phi) is 8.17. The number of aromatic nitrogens is 2. The molecule has 0 aliphatic rings. The number of furan rings is 1. The number of fused-ring (bicyclic) bond motifs is 7. The lowest BCUT2D eigenvalue weighted by Crippen LogP contribution is -1.96. The lowest BCUT2D eigenvalue weighted by molar-refractivity contribution is 0.669. The van der Waals surface area contributed by atoms with Gasteiger partial charge in [0.2, 0.25) is 0 Å². The van der Waals surface area contributed by atoms with Crippen LogP contribution in [0.2, 0.25) is 0 Å². The summed E-state index contributed by atoms with van der Waals surface area (Å²) in [5.74, 6) is 0.680. The van der Waals surface area contributed by atoms with Gasteiger partial charge in [0.15, 0.2) is 5.82 Å². The molecule has 3 heteroatoms. The second-order valence-corrected chi connectivity index (χ2v) is 15.7. The molecule has 0 atom stereocenters. The van der Waals surface area contributed by atoms with Gasteiger partial charge in [-0.15, -0.1) is 0 Å². The van der Waals surface area contributed by atoms with E-state index in [1.165, 1.54) is 49.0 Å². The van der Waals surface area contributed by atoms with Crippen molar-refractivity contribution in [1.29, 1.82) is 0 Å². The van der Waals surface area contributed by atoms with Crippen molar-refractivity contribution in [3.8, 4) is 67.3 Å². The van der Waals surface area contributed by atoms with Crippen LogP contribution in [0.5, 0.6) is 0 Å². The van der Waals surface area contributed by atoms with Crippen molar-refractivity contribution < 1.29 is 4.42 Å². The molecule has 0 N–H and O–H groups in total. The molecule has 0 spiro atoms. The fourth-order valence-corrected chi connectivity index (χ4v) is 8.99. The maximum absolute atomic E-state index is 6.22. The molecule has 0 fully saturated rings. The van der Waals surface area contributed by atoms with E-state index in [4.69, 9.17) is 14.4 Å². The second kappa shape index (κ2) is 14.3. The van der Waals surface area contributed by atoms with Crippen LogP contribution in [0.15, 0.2) is 223 Å². The highest BCUT2D eigenvalue weighted by atomic mass is 16.3. The third-order valence-corrected chi connectivity index (χ3v) is 12.1. The van der Waals surface area contributed by atoms with Gasteiger partial charge in [-0.05, 0) is 96.0 Å². The third kappa shape index (κ3) is 6.14. The van der Waals surface area contributed by atoms with Gasteiger partial charge in [0.1, 0.15) is 11.2 Å². The molecule has 284 valence electrons. The summed E-state index contributed by atoms with van der Waals surface area (Å²) in [4.78, 5) is 10.5. The van der Waals surface area contributed by atoms with Crippen LogP contribution < -0.4 is 0 Å². The van der Waals surface area contributed by atoms with E-state index in [1.807, 2.05) is 18.2 Å². The van der Waals surface area contributed by atoms with Gasteiger partial charge in [0, 0.05) is 27.5 Å². The number of para-hydroxylation sites is 1. The van der Waals surface area contributed by atoms with Crippen LogP contribution in [0.3, 0.4) is 0 Å². The molecule has 3 nitrogen and oxygen atoms in total. The summed E-state index contributed by atoms with van der Waals surface area (Å²) in [6.45, 7) is 0. The maximum Gasteiger partial charge on any atom is 0.160 e. The van der Waals surface area contributed by atoms with Gasteiger partial charge < -0.3 is 4.42 Å². The first-order chi connectivity index (χ1) is 30.2. The van der Waals surface area contributed by atoms with Crippen molar-refractivity contribution in [2.45, 2.75) is 0 Å². The van der Waals surface area contributed by atoms with Crippen molar-refractivity contribution >= 4 is 54.3 Å². The Morgan fingerprint density at radius 1 is 0.262 bits per heavy atom. The normalized spacial score (nSPS) is 11.6. The van der Waals surface area contributed by atoms with Gasteiger partial charge in [0.05, 0.1) is 11.4 Å². The second-order valence-electron chi connectivity index (χ2n) is 15.7. The SMILES string of the molecule is c1ccc(-c2ccc(-c3cc(-c4ccc(-c5ccc6c(c5)oc5ccccc56)cc4)nc(-c4ccc(-c5c6ccccc6cc6c5ccc5ccccc56)cc4)n3)cc2)cc1. The highest BCUT2D eigenvalue weighted by Gasteiger charge is 2.16. The molecule has 10 aromatic carbocycles. The number of benzene rings is 10. The van der Waals surface area contributed by atoms with E-state index in [2.05, 4.69) is 200 Å². The first-order valence-electron chi connectivity index (χ1n) is 20.7. The van der Waals surface area contributed by atoms with Crippen LogP contribution >= 0.6 is 0 Å². The minimum Gasteiger partial charge on any atom is -0.456 e. The van der Waals surface area contributed by atoms with Gasteiger partial charge >= 0.3 is 0 Å². The van der Waals surface area contributed by atoms with Crippen LogP contribution in [0.4, 0.5) is 0 Å². The van der Waals surface area contributed by atoms with Crippen LogP contribution in [-0.4, -0.2) is 9.97 Å². The van der Waals surface area contributed by atoms with Gasteiger partial charge in [-0.1, -0.05) is 188 Å². The Labute approximate surface area is 352 Å². The molecule has 0 amide bonds. The quantitative estimate of drug-likeness (QED) is 0.125. The fraction of sp³-hybridized carbons (Fsp3) is 0. The molecule has 0 aliphatic carbocycles. The van der Waals surface area contributed by atoms with E-state index >= 15 is 0 Å². The lowest BCUT2D eigenvalue weighted by Gasteiger charge is -2.15. The summed E-state index contributed by atoms with van der Waals surface area (Å²) in [5.41, 5.74) is 13.5. The Morgan fingerprint density at radius 3 is 1.51 bits per heavy atom. The molecule has 0 unspecified atom stereocenters. The zero-order valence-electron chi connectivity index (χ0n) is 33.1. The van der Waals surface area contributed by atoms with Crippen LogP contribution in [0.1, 0.15) is 0 Å². The first kappa shape index (κ1) is 34.9. The number of nitrogens with zero attached hydrogens (tertiary/aromatic N) is 2. The van der Waals surface area contributed by atoms with E-state index in [1.54, 1.807) is 0 Å². The summed E-state index contributed by atoms with van der Waals surface area (Å²) in [5, 5.41) is 9.73. The maximum atomic E-state index is 6.22. The Hall–Kier alpha value is -8.14. The van der Waals surface area contributed by atoms with Crippen LogP contribution in [0.25, 0.3) is 122 Å².